The van der Waals surface area contributed by atoms with Gasteiger partial charge in [0.05, 0.1) is 5.69 Å². The largest absolute Gasteiger partial charge is 0.268 e. The van der Waals surface area contributed by atoms with E-state index in [9.17, 15) is 9.59 Å². The molecule has 2 aliphatic rings. The van der Waals surface area contributed by atoms with Crippen molar-refractivity contribution in [2.45, 2.75) is 19.8 Å². The standard InChI is InChI=1S/C21H15NO2/c1-12-3-2-4-15(11-12)22-20(23)16-9-7-13-5-6-14-8-10-17(21(22)24)19(16)18(13)14/h2-4,7-11H,5-6H2,1H3. The first kappa shape index (κ1) is 13.5. The van der Waals surface area contributed by atoms with Crippen LogP contribution in [0.25, 0.3) is 10.8 Å². The second-order valence-electron chi connectivity index (χ2n) is 6.58. The summed E-state index contributed by atoms with van der Waals surface area (Å²) in [6.45, 7) is 1.96. The van der Waals surface area contributed by atoms with Gasteiger partial charge >= 0.3 is 0 Å². The minimum Gasteiger partial charge on any atom is -0.268 e. The van der Waals surface area contributed by atoms with Gasteiger partial charge in [0, 0.05) is 16.5 Å². The number of aryl methyl sites for hydroxylation is 3. The molecule has 1 aliphatic carbocycles. The third-order valence-corrected chi connectivity index (χ3v) is 5.12. The van der Waals surface area contributed by atoms with Gasteiger partial charge in [-0.1, -0.05) is 24.3 Å². The average molecular weight is 313 g/mol. The van der Waals surface area contributed by atoms with Gasteiger partial charge in [0.15, 0.2) is 0 Å². The molecule has 0 N–H and O–H groups in total. The maximum absolute atomic E-state index is 13.1. The molecule has 3 aromatic rings. The third-order valence-electron chi connectivity index (χ3n) is 5.12. The van der Waals surface area contributed by atoms with E-state index in [1.54, 1.807) is 0 Å². The molecule has 0 bridgehead atoms. The average Bonchev–Trinajstić information content (AvgIpc) is 3.00. The first-order chi connectivity index (χ1) is 11.6. The lowest BCUT2D eigenvalue weighted by atomic mass is 9.91. The number of amides is 2. The topological polar surface area (TPSA) is 37.4 Å². The third kappa shape index (κ3) is 1.61. The van der Waals surface area contributed by atoms with Crippen LogP contribution in [-0.4, -0.2) is 11.8 Å². The Morgan fingerprint density at radius 2 is 1.42 bits per heavy atom. The molecule has 0 spiro atoms. The van der Waals surface area contributed by atoms with Crippen molar-refractivity contribution in [3.05, 3.63) is 76.3 Å². The summed E-state index contributed by atoms with van der Waals surface area (Å²) in [6.07, 6.45) is 1.97. The van der Waals surface area contributed by atoms with Crippen LogP contribution in [-0.2, 0) is 12.8 Å². The molecule has 3 heteroatoms. The van der Waals surface area contributed by atoms with Crippen LogP contribution < -0.4 is 4.90 Å². The van der Waals surface area contributed by atoms with Crippen LogP contribution in [0.5, 0.6) is 0 Å². The molecule has 0 fully saturated rings. The molecule has 0 unspecified atom stereocenters. The second kappa shape index (κ2) is 4.54. The Bertz CT molecular complexity index is 1010. The van der Waals surface area contributed by atoms with Gasteiger partial charge < -0.3 is 0 Å². The lowest BCUT2D eigenvalue weighted by Crippen LogP contribution is -2.40. The zero-order valence-electron chi connectivity index (χ0n) is 13.3. The highest BCUT2D eigenvalue weighted by Crippen LogP contribution is 2.39. The number of imide groups is 1. The van der Waals surface area contributed by atoms with Crippen LogP contribution in [0.1, 0.15) is 37.4 Å². The number of carbonyl (C=O) groups is 2. The molecule has 1 heterocycles. The summed E-state index contributed by atoms with van der Waals surface area (Å²) in [5, 5.41) is 1.97. The Morgan fingerprint density at radius 3 is 2.00 bits per heavy atom. The smallest absolute Gasteiger partial charge is 0.265 e. The van der Waals surface area contributed by atoms with E-state index in [0.29, 0.717) is 16.8 Å². The van der Waals surface area contributed by atoms with E-state index in [1.165, 1.54) is 16.0 Å². The van der Waals surface area contributed by atoms with E-state index in [1.807, 2.05) is 55.5 Å². The van der Waals surface area contributed by atoms with Crippen molar-refractivity contribution in [1.29, 1.82) is 0 Å². The highest BCUT2D eigenvalue weighted by molar-refractivity contribution is 6.36. The summed E-state index contributed by atoms with van der Waals surface area (Å²) < 4.78 is 0. The summed E-state index contributed by atoms with van der Waals surface area (Å²) in [4.78, 5) is 27.5. The lowest BCUT2D eigenvalue weighted by molar-refractivity contribution is 0.0893. The summed E-state index contributed by atoms with van der Waals surface area (Å²) >= 11 is 0. The molecule has 24 heavy (non-hydrogen) atoms. The molecule has 0 aromatic heterocycles. The van der Waals surface area contributed by atoms with Crippen LogP contribution in [0.3, 0.4) is 0 Å². The van der Waals surface area contributed by atoms with Gasteiger partial charge in [0.1, 0.15) is 0 Å². The number of anilines is 1. The first-order valence-corrected chi connectivity index (χ1v) is 8.18. The van der Waals surface area contributed by atoms with E-state index in [-0.39, 0.29) is 11.8 Å². The quantitative estimate of drug-likeness (QED) is 0.636. The molecule has 5 rings (SSSR count). The fraction of sp³-hybridized carbons (Fsp3) is 0.143. The minimum absolute atomic E-state index is 0.228. The summed E-state index contributed by atoms with van der Waals surface area (Å²) in [5.41, 5.74) is 5.41. The van der Waals surface area contributed by atoms with E-state index in [2.05, 4.69) is 0 Å². The Balaban J connectivity index is 1.81. The summed E-state index contributed by atoms with van der Waals surface area (Å²) in [7, 11) is 0. The molecule has 3 nitrogen and oxygen atoms in total. The molecule has 0 saturated heterocycles. The maximum atomic E-state index is 13.1. The Morgan fingerprint density at radius 1 is 0.792 bits per heavy atom. The Labute approximate surface area is 139 Å². The van der Waals surface area contributed by atoms with Gasteiger partial charge in [-0.3, -0.25) is 9.59 Å². The maximum Gasteiger partial charge on any atom is 0.265 e. The number of nitrogens with zero attached hydrogens (tertiary/aromatic N) is 1. The van der Waals surface area contributed by atoms with Crippen LogP contribution in [0.2, 0.25) is 0 Å². The van der Waals surface area contributed by atoms with Crippen molar-refractivity contribution in [1.82, 2.24) is 0 Å². The van der Waals surface area contributed by atoms with E-state index < -0.39 is 0 Å². The zero-order chi connectivity index (χ0) is 16.4. The Kier molecular flexibility index (Phi) is 2.55. The number of hydrogen-bond acceptors (Lipinski definition) is 2. The van der Waals surface area contributed by atoms with Crippen molar-refractivity contribution < 1.29 is 9.59 Å². The van der Waals surface area contributed by atoms with Gasteiger partial charge in [0.2, 0.25) is 0 Å². The van der Waals surface area contributed by atoms with Gasteiger partial charge in [-0.15, -0.1) is 0 Å². The molecule has 2 amide bonds. The fourth-order valence-corrected chi connectivity index (χ4v) is 4.02. The SMILES string of the molecule is Cc1cccc(N2C(=O)c3ccc4c5c(ccc(c35)C2=O)CC4)c1. The van der Waals surface area contributed by atoms with Gasteiger partial charge in [-0.25, -0.2) is 4.90 Å². The summed E-state index contributed by atoms with van der Waals surface area (Å²) in [5.74, 6) is -0.456. The number of benzene rings is 3. The molecule has 116 valence electrons. The number of hydrogen-bond donors (Lipinski definition) is 0. The van der Waals surface area contributed by atoms with Gasteiger partial charge in [-0.2, -0.15) is 0 Å². The van der Waals surface area contributed by atoms with Crippen LogP contribution in [0.15, 0.2) is 48.5 Å². The van der Waals surface area contributed by atoms with Crippen LogP contribution >= 0.6 is 0 Å². The number of rotatable bonds is 1. The highest BCUT2D eigenvalue weighted by atomic mass is 16.2. The monoisotopic (exact) mass is 313 g/mol. The molecule has 3 aromatic carbocycles. The second-order valence-corrected chi connectivity index (χ2v) is 6.58. The predicted molar refractivity (Wildman–Crippen MR) is 93.7 cm³/mol. The fourth-order valence-electron chi connectivity index (χ4n) is 4.02. The van der Waals surface area contributed by atoms with Crippen molar-refractivity contribution in [3.8, 4) is 0 Å². The minimum atomic E-state index is -0.228. The van der Waals surface area contributed by atoms with Crippen molar-refractivity contribution in [2.75, 3.05) is 4.90 Å². The van der Waals surface area contributed by atoms with E-state index >= 15 is 0 Å². The van der Waals surface area contributed by atoms with Crippen molar-refractivity contribution >= 4 is 28.3 Å². The molecule has 1 aliphatic heterocycles. The molecule has 0 saturated carbocycles. The van der Waals surface area contributed by atoms with Gasteiger partial charge in [-0.05, 0) is 66.1 Å². The first-order valence-electron chi connectivity index (χ1n) is 8.18. The number of carbonyl (C=O) groups excluding carboxylic acids is 2. The van der Waals surface area contributed by atoms with Crippen LogP contribution in [0, 0.1) is 6.92 Å². The van der Waals surface area contributed by atoms with Crippen molar-refractivity contribution in [3.63, 3.8) is 0 Å². The normalized spacial score (nSPS) is 15.5. The molecular formula is C21H15NO2. The summed E-state index contributed by atoms with van der Waals surface area (Å²) in [6, 6.07) is 15.4. The highest BCUT2D eigenvalue weighted by Gasteiger charge is 2.35. The van der Waals surface area contributed by atoms with Crippen LogP contribution in [0.4, 0.5) is 5.69 Å². The van der Waals surface area contributed by atoms with Gasteiger partial charge in [0.25, 0.3) is 11.8 Å². The predicted octanol–water partition coefficient (Wildman–Crippen LogP) is 4.05. The molecule has 0 atom stereocenters. The molecular weight excluding hydrogens is 298 g/mol. The van der Waals surface area contributed by atoms with E-state index in [4.69, 9.17) is 0 Å². The zero-order valence-corrected chi connectivity index (χ0v) is 13.3. The Hall–Kier alpha value is -2.94. The van der Waals surface area contributed by atoms with Crippen molar-refractivity contribution in [2.24, 2.45) is 0 Å². The van der Waals surface area contributed by atoms with E-state index in [0.717, 1.165) is 29.2 Å². The lowest BCUT2D eigenvalue weighted by Gasteiger charge is -2.28. The molecule has 0 radical (unpaired) electrons.